The molecule has 0 saturated carbocycles. The van der Waals surface area contributed by atoms with Crippen LogP contribution >= 0.6 is 0 Å². The fourth-order valence-corrected chi connectivity index (χ4v) is 0.898. The summed E-state index contributed by atoms with van der Waals surface area (Å²) in [4.78, 5) is 3.01. The van der Waals surface area contributed by atoms with E-state index in [9.17, 15) is 4.39 Å². The fraction of sp³-hybridized carbons (Fsp3) is 0.222. The van der Waals surface area contributed by atoms with Crippen molar-refractivity contribution in [3.8, 4) is 0 Å². The zero-order valence-corrected chi connectivity index (χ0v) is 6.67. The van der Waals surface area contributed by atoms with E-state index in [1.807, 2.05) is 0 Å². The SMILES string of the molecule is [C-]#[N+]c1ccc(COC)cc1F. The molecular formula is C9H8FNO. The third kappa shape index (κ3) is 1.80. The highest BCUT2D eigenvalue weighted by molar-refractivity contribution is 5.46. The molecule has 1 aromatic rings. The second-order valence-electron chi connectivity index (χ2n) is 2.33. The molecule has 2 nitrogen and oxygen atoms in total. The minimum Gasteiger partial charge on any atom is -0.380 e. The smallest absolute Gasteiger partial charge is 0.222 e. The van der Waals surface area contributed by atoms with E-state index < -0.39 is 5.82 Å². The molecule has 0 spiro atoms. The van der Waals surface area contributed by atoms with E-state index >= 15 is 0 Å². The van der Waals surface area contributed by atoms with Crippen molar-refractivity contribution in [3.63, 3.8) is 0 Å². The van der Waals surface area contributed by atoms with E-state index in [-0.39, 0.29) is 5.69 Å². The van der Waals surface area contributed by atoms with Crippen LogP contribution in [0.2, 0.25) is 0 Å². The van der Waals surface area contributed by atoms with Crippen LogP contribution in [0.1, 0.15) is 5.56 Å². The zero-order chi connectivity index (χ0) is 8.97. The molecule has 0 radical (unpaired) electrons. The van der Waals surface area contributed by atoms with Gasteiger partial charge in [0.25, 0.3) is 0 Å². The van der Waals surface area contributed by atoms with Crippen molar-refractivity contribution >= 4 is 5.69 Å². The molecule has 0 unspecified atom stereocenters. The minimum absolute atomic E-state index is 0.0508. The van der Waals surface area contributed by atoms with Crippen LogP contribution in [-0.2, 0) is 11.3 Å². The summed E-state index contributed by atoms with van der Waals surface area (Å²) >= 11 is 0. The Hall–Kier alpha value is -1.40. The van der Waals surface area contributed by atoms with Gasteiger partial charge in [-0.25, -0.2) is 9.24 Å². The van der Waals surface area contributed by atoms with Crippen molar-refractivity contribution in [3.05, 3.63) is 41.0 Å². The van der Waals surface area contributed by atoms with Gasteiger partial charge in [0.2, 0.25) is 5.69 Å². The van der Waals surface area contributed by atoms with Crippen molar-refractivity contribution in [2.75, 3.05) is 7.11 Å². The topological polar surface area (TPSA) is 13.6 Å². The number of ether oxygens (including phenoxy) is 1. The largest absolute Gasteiger partial charge is 0.380 e. The lowest BCUT2D eigenvalue weighted by molar-refractivity contribution is 0.184. The lowest BCUT2D eigenvalue weighted by Gasteiger charge is -1.99. The average molecular weight is 165 g/mol. The maximum atomic E-state index is 12.9. The molecule has 0 aromatic heterocycles. The molecule has 0 saturated heterocycles. The molecule has 0 fully saturated rings. The molecule has 0 N–H and O–H groups in total. The summed E-state index contributed by atoms with van der Waals surface area (Å²) in [5.41, 5.74) is 0.789. The van der Waals surface area contributed by atoms with E-state index in [0.717, 1.165) is 5.56 Å². The summed E-state index contributed by atoms with van der Waals surface area (Å²) < 4.78 is 17.7. The van der Waals surface area contributed by atoms with Crippen molar-refractivity contribution in [2.24, 2.45) is 0 Å². The first-order chi connectivity index (χ1) is 5.77. The van der Waals surface area contributed by atoms with Crippen LogP contribution < -0.4 is 0 Å². The third-order valence-corrected chi connectivity index (χ3v) is 1.44. The number of nitrogens with zero attached hydrogens (tertiary/aromatic N) is 1. The lowest BCUT2D eigenvalue weighted by atomic mass is 10.2. The van der Waals surface area contributed by atoms with Gasteiger partial charge in [0.1, 0.15) is 5.82 Å². The Morgan fingerprint density at radius 1 is 1.58 bits per heavy atom. The Morgan fingerprint density at radius 3 is 2.83 bits per heavy atom. The molecule has 0 aliphatic heterocycles. The van der Waals surface area contributed by atoms with Crippen molar-refractivity contribution in [2.45, 2.75) is 6.61 Å². The zero-order valence-electron chi connectivity index (χ0n) is 6.67. The first kappa shape index (κ1) is 8.69. The Balaban J connectivity index is 2.96. The predicted molar refractivity (Wildman–Crippen MR) is 43.4 cm³/mol. The van der Waals surface area contributed by atoms with Crippen LogP contribution in [0.3, 0.4) is 0 Å². The molecule has 0 aliphatic carbocycles. The van der Waals surface area contributed by atoms with E-state index in [1.165, 1.54) is 12.1 Å². The van der Waals surface area contributed by atoms with Gasteiger partial charge in [0, 0.05) is 7.11 Å². The summed E-state index contributed by atoms with van der Waals surface area (Å²) in [6.45, 7) is 6.98. The second-order valence-corrected chi connectivity index (χ2v) is 2.33. The number of benzene rings is 1. The van der Waals surface area contributed by atoms with Gasteiger partial charge in [-0.2, -0.15) is 0 Å². The summed E-state index contributed by atoms with van der Waals surface area (Å²) in [6.07, 6.45) is 0. The van der Waals surface area contributed by atoms with E-state index in [0.29, 0.717) is 6.61 Å². The van der Waals surface area contributed by atoms with E-state index in [2.05, 4.69) is 4.85 Å². The van der Waals surface area contributed by atoms with Crippen LogP contribution in [-0.4, -0.2) is 7.11 Å². The van der Waals surface area contributed by atoms with Crippen molar-refractivity contribution in [1.29, 1.82) is 0 Å². The number of hydrogen-bond donors (Lipinski definition) is 0. The van der Waals surface area contributed by atoms with Gasteiger partial charge in [-0.05, 0) is 11.6 Å². The average Bonchev–Trinajstić information content (AvgIpc) is 2.05. The van der Waals surface area contributed by atoms with Gasteiger partial charge in [-0.1, -0.05) is 12.1 Å². The van der Waals surface area contributed by atoms with Crippen LogP contribution in [0.5, 0.6) is 0 Å². The van der Waals surface area contributed by atoms with Gasteiger partial charge >= 0.3 is 0 Å². The van der Waals surface area contributed by atoms with Crippen LogP contribution in [0.4, 0.5) is 10.1 Å². The van der Waals surface area contributed by atoms with Crippen LogP contribution in [0.25, 0.3) is 4.85 Å². The Bertz CT molecular complexity index is 317. The molecule has 1 aromatic carbocycles. The highest BCUT2D eigenvalue weighted by atomic mass is 19.1. The van der Waals surface area contributed by atoms with Crippen molar-refractivity contribution in [1.82, 2.24) is 0 Å². The molecule has 3 heteroatoms. The lowest BCUT2D eigenvalue weighted by Crippen LogP contribution is -1.87. The molecule has 0 bridgehead atoms. The van der Waals surface area contributed by atoms with Gasteiger partial charge in [0.15, 0.2) is 0 Å². The Labute approximate surface area is 70.4 Å². The summed E-state index contributed by atoms with van der Waals surface area (Å²) in [6, 6.07) is 4.45. The number of halogens is 1. The molecule has 62 valence electrons. The van der Waals surface area contributed by atoms with Gasteiger partial charge in [-0.3, -0.25) is 0 Å². The fourth-order valence-electron chi connectivity index (χ4n) is 0.898. The summed E-state index contributed by atoms with van der Waals surface area (Å²) in [5.74, 6) is -0.487. The number of hydrogen-bond acceptors (Lipinski definition) is 1. The maximum Gasteiger partial charge on any atom is 0.222 e. The van der Waals surface area contributed by atoms with E-state index in [1.54, 1.807) is 13.2 Å². The normalized spacial score (nSPS) is 9.42. The van der Waals surface area contributed by atoms with Gasteiger partial charge < -0.3 is 4.74 Å². The summed E-state index contributed by atoms with van der Waals surface area (Å²) in [7, 11) is 1.54. The Morgan fingerprint density at radius 2 is 2.33 bits per heavy atom. The maximum absolute atomic E-state index is 12.9. The quantitative estimate of drug-likeness (QED) is 0.614. The van der Waals surface area contributed by atoms with Gasteiger partial charge in [-0.15, -0.1) is 0 Å². The highest BCUT2D eigenvalue weighted by Crippen LogP contribution is 2.18. The Kier molecular flexibility index (Phi) is 2.78. The molecule has 1 rings (SSSR count). The predicted octanol–water partition coefficient (Wildman–Crippen LogP) is 2.52. The van der Waals surface area contributed by atoms with Crippen LogP contribution in [0, 0.1) is 12.4 Å². The standard InChI is InChI=1S/C9H8FNO/c1-11-9-4-3-7(6-12-2)5-8(9)10/h3-5H,6H2,2H3. The number of methoxy groups -OCH3 is 1. The van der Waals surface area contributed by atoms with Crippen molar-refractivity contribution < 1.29 is 9.13 Å². The molecule has 0 atom stereocenters. The van der Waals surface area contributed by atoms with Crippen LogP contribution in [0.15, 0.2) is 18.2 Å². The number of rotatable bonds is 2. The molecular weight excluding hydrogens is 157 g/mol. The monoisotopic (exact) mass is 165 g/mol. The highest BCUT2D eigenvalue weighted by Gasteiger charge is 2.01. The third-order valence-electron chi connectivity index (χ3n) is 1.44. The minimum atomic E-state index is -0.487. The molecule has 0 aliphatic rings. The molecule has 0 amide bonds. The molecule has 0 heterocycles. The first-order valence-corrected chi connectivity index (χ1v) is 3.42. The van der Waals surface area contributed by atoms with Gasteiger partial charge in [0.05, 0.1) is 13.2 Å². The first-order valence-electron chi connectivity index (χ1n) is 3.42. The summed E-state index contributed by atoms with van der Waals surface area (Å²) in [5, 5.41) is 0. The molecule has 12 heavy (non-hydrogen) atoms. The second kappa shape index (κ2) is 3.84. The van der Waals surface area contributed by atoms with E-state index in [4.69, 9.17) is 11.3 Å².